The van der Waals surface area contributed by atoms with Crippen LogP contribution in [0.3, 0.4) is 0 Å². The molecule has 0 fully saturated rings. The molecular formula is C15H18Cl3N3O2. The number of hydrogen-bond acceptors (Lipinski definition) is 3. The molecule has 23 heavy (non-hydrogen) atoms. The number of rotatable bonds is 5. The molecule has 0 atom stereocenters. The average molecular weight is 379 g/mol. The standard InChI is InChI=1S/C15H17Cl2N3O2.ClH/c16-12-2-1-11(7-13(12)17)15(22)20-9-14(21)19-8-10-3-5-18-6-4-10;/h1-3,7,18H,4-6,8-9H2,(H,19,21)(H,20,22);1H. The van der Waals surface area contributed by atoms with Gasteiger partial charge in [-0.1, -0.05) is 34.9 Å². The lowest BCUT2D eigenvalue weighted by Crippen LogP contribution is -2.38. The first-order valence-corrected chi connectivity index (χ1v) is 7.70. The van der Waals surface area contributed by atoms with Crippen molar-refractivity contribution in [2.24, 2.45) is 0 Å². The van der Waals surface area contributed by atoms with Gasteiger partial charge >= 0.3 is 0 Å². The molecule has 0 aromatic heterocycles. The largest absolute Gasteiger partial charge is 0.351 e. The Labute approximate surface area is 151 Å². The summed E-state index contributed by atoms with van der Waals surface area (Å²) in [6, 6.07) is 4.57. The number of benzene rings is 1. The van der Waals surface area contributed by atoms with Gasteiger partial charge in [-0.3, -0.25) is 9.59 Å². The number of nitrogens with one attached hydrogen (secondary N) is 3. The lowest BCUT2D eigenvalue weighted by atomic mass is 10.1. The molecule has 1 aliphatic rings. The van der Waals surface area contributed by atoms with Gasteiger partial charge in [0.2, 0.25) is 5.91 Å². The van der Waals surface area contributed by atoms with Crippen molar-refractivity contribution >= 4 is 47.4 Å². The van der Waals surface area contributed by atoms with Gasteiger partial charge in [0.1, 0.15) is 0 Å². The maximum atomic E-state index is 11.9. The second-order valence-corrected chi connectivity index (χ2v) is 5.72. The molecule has 2 amide bonds. The Bertz CT molecular complexity index is 606. The molecule has 126 valence electrons. The maximum Gasteiger partial charge on any atom is 0.251 e. The van der Waals surface area contributed by atoms with E-state index in [9.17, 15) is 9.59 Å². The van der Waals surface area contributed by atoms with Gasteiger partial charge in [0, 0.05) is 18.7 Å². The van der Waals surface area contributed by atoms with Crippen LogP contribution in [0, 0.1) is 0 Å². The quantitative estimate of drug-likeness (QED) is 0.688. The van der Waals surface area contributed by atoms with E-state index in [4.69, 9.17) is 23.2 Å². The molecule has 3 N–H and O–H groups in total. The van der Waals surface area contributed by atoms with Gasteiger partial charge in [-0.15, -0.1) is 12.4 Å². The minimum absolute atomic E-state index is 0. The molecular weight excluding hydrogens is 361 g/mol. The highest BCUT2D eigenvalue weighted by Crippen LogP contribution is 2.22. The third-order valence-corrected chi connectivity index (χ3v) is 4.00. The minimum Gasteiger partial charge on any atom is -0.351 e. The van der Waals surface area contributed by atoms with E-state index in [0.29, 0.717) is 22.2 Å². The lowest BCUT2D eigenvalue weighted by Gasteiger charge is -2.14. The summed E-state index contributed by atoms with van der Waals surface area (Å²) in [5.41, 5.74) is 1.56. The van der Waals surface area contributed by atoms with Crippen molar-refractivity contribution in [1.29, 1.82) is 0 Å². The van der Waals surface area contributed by atoms with Gasteiger partial charge in [-0.25, -0.2) is 0 Å². The predicted octanol–water partition coefficient (Wildman–Crippen LogP) is 2.18. The van der Waals surface area contributed by atoms with E-state index in [1.165, 1.54) is 11.6 Å². The van der Waals surface area contributed by atoms with Crippen LogP contribution in [0.5, 0.6) is 0 Å². The zero-order valence-corrected chi connectivity index (χ0v) is 14.7. The molecule has 2 rings (SSSR count). The van der Waals surface area contributed by atoms with Crippen molar-refractivity contribution in [2.75, 3.05) is 26.2 Å². The zero-order chi connectivity index (χ0) is 15.9. The van der Waals surface area contributed by atoms with E-state index < -0.39 is 0 Å². The summed E-state index contributed by atoms with van der Waals surface area (Å²) in [5, 5.41) is 9.22. The SMILES string of the molecule is Cl.O=C(CNC(=O)c1ccc(Cl)c(Cl)c1)NCC1=CCNCC1. The zero-order valence-electron chi connectivity index (χ0n) is 12.3. The second kappa shape index (κ2) is 9.78. The molecule has 1 heterocycles. The normalized spacial score (nSPS) is 13.6. The van der Waals surface area contributed by atoms with Crippen molar-refractivity contribution in [3.05, 3.63) is 45.5 Å². The summed E-state index contributed by atoms with van der Waals surface area (Å²) >= 11 is 11.6. The summed E-state index contributed by atoms with van der Waals surface area (Å²) in [6.07, 6.45) is 2.99. The third-order valence-electron chi connectivity index (χ3n) is 3.26. The Morgan fingerprint density at radius 1 is 1.17 bits per heavy atom. The van der Waals surface area contributed by atoms with Crippen LogP contribution < -0.4 is 16.0 Å². The Kier molecular flexibility index (Phi) is 8.41. The van der Waals surface area contributed by atoms with Crippen LogP contribution in [0.25, 0.3) is 0 Å². The smallest absolute Gasteiger partial charge is 0.251 e. The Hall–Kier alpha value is -1.27. The Balaban J connectivity index is 0.00000264. The second-order valence-electron chi connectivity index (χ2n) is 4.90. The highest BCUT2D eigenvalue weighted by Gasteiger charge is 2.10. The van der Waals surface area contributed by atoms with Gasteiger partial charge in [0.15, 0.2) is 0 Å². The number of carbonyl (C=O) groups is 2. The monoisotopic (exact) mass is 377 g/mol. The lowest BCUT2D eigenvalue weighted by molar-refractivity contribution is -0.119. The van der Waals surface area contributed by atoms with Crippen molar-refractivity contribution in [1.82, 2.24) is 16.0 Å². The van der Waals surface area contributed by atoms with Crippen LogP contribution in [0.2, 0.25) is 10.0 Å². The molecule has 1 aromatic carbocycles. The first-order valence-electron chi connectivity index (χ1n) is 6.95. The van der Waals surface area contributed by atoms with Crippen LogP contribution in [0.4, 0.5) is 0 Å². The van der Waals surface area contributed by atoms with Crippen LogP contribution in [0.15, 0.2) is 29.8 Å². The summed E-state index contributed by atoms with van der Waals surface area (Å²) in [4.78, 5) is 23.6. The van der Waals surface area contributed by atoms with E-state index in [-0.39, 0.29) is 30.8 Å². The molecule has 0 bridgehead atoms. The molecule has 8 heteroatoms. The van der Waals surface area contributed by atoms with Crippen molar-refractivity contribution in [2.45, 2.75) is 6.42 Å². The van der Waals surface area contributed by atoms with Crippen LogP contribution >= 0.6 is 35.6 Å². The first kappa shape index (κ1) is 19.8. The summed E-state index contributed by atoms with van der Waals surface area (Å²) in [5.74, 6) is -0.595. The van der Waals surface area contributed by atoms with Crippen molar-refractivity contribution < 1.29 is 9.59 Å². The Morgan fingerprint density at radius 3 is 2.61 bits per heavy atom. The molecule has 1 aromatic rings. The van der Waals surface area contributed by atoms with Crippen LogP contribution in [-0.2, 0) is 4.79 Å². The van der Waals surface area contributed by atoms with E-state index >= 15 is 0 Å². The number of amides is 2. The molecule has 0 spiro atoms. The molecule has 0 unspecified atom stereocenters. The maximum absolute atomic E-state index is 11.9. The van der Waals surface area contributed by atoms with Crippen LogP contribution in [-0.4, -0.2) is 38.0 Å². The van der Waals surface area contributed by atoms with E-state index in [2.05, 4.69) is 22.0 Å². The van der Waals surface area contributed by atoms with Crippen molar-refractivity contribution in [3.63, 3.8) is 0 Å². The highest BCUT2D eigenvalue weighted by atomic mass is 35.5. The van der Waals surface area contributed by atoms with E-state index in [1.54, 1.807) is 12.1 Å². The van der Waals surface area contributed by atoms with Gasteiger partial charge in [0.25, 0.3) is 5.91 Å². The fraction of sp³-hybridized carbons (Fsp3) is 0.333. The van der Waals surface area contributed by atoms with Gasteiger partial charge in [-0.05, 0) is 31.2 Å². The minimum atomic E-state index is -0.366. The summed E-state index contributed by atoms with van der Waals surface area (Å²) < 4.78 is 0. The van der Waals surface area contributed by atoms with Gasteiger partial charge < -0.3 is 16.0 Å². The predicted molar refractivity (Wildman–Crippen MR) is 94.6 cm³/mol. The number of hydrogen-bond donors (Lipinski definition) is 3. The Morgan fingerprint density at radius 2 is 1.96 bits per heavy atom. The molecule has 0 aliphatic carbocycles. The molecule has 1 aliphatic heterocycles. The summed E-state index contributed by atoms with van der Waals surface area (Å²) in [7, 11) is 0. The van der Waals surface area contributed by atoms with Gasteiger partial charge in [-0.2, -0.15) is 0 Å². The topological polar surface area (TPSA) is 70.2 Å². The van der Waals surface area contributed by atoms with E-state index in [1.807, 2.05) is 0 Å². The van der Waals surface area contributed by atoms with Crippen LogP contribution in [0.1, 0.15) is 16.8 Å². The highest BCUT2D eigenvalue weighted by molar-refractivity contribution is 6.42. The molecule has 0 saturated carbocycles. The third kappa shape index (κ3) is 6.39. The molecule has 0 saturated heterocycles. The fourth-order valence-electron chi connectivity index (χ4n) is 2.00. The summed E-state index contributed by atoms with van der Waals surface area (Å²) in [6.45, 7) is 2.20. The first-order chi connectivity index (χ1) is 10.6. The fourth-order valence-corrected chi connectivity index (χ4v) is 2.30. The van der Waals surface area contributed by atoms with E-state index in [0.717, 1.165) is 19.5 Å². The van der Waals surface area contributed by atoms with Gasteiger partial charge in [0.05, 0.1) is 16.6 Å². The molecule has 0 radical (unpaired) electrons. The number of halogens is 3. The average Bonchev–Trinajstić information content (AvgIpc) is 2.54. The number of carbonyl (C=O) groups excluding carboxylic acids is 2. The van der Waals surface area contributed by atoms with Crippen molar-refractivity contribution in [3.8, 4) is 0 Å². The molecule has 5 nitrogen and oxygen atoms in total.